The van der Waals surface area contributed by atoms with E-state index in [1.165, 1.54) is 0 Å². The van der Waals surface area contributed by atoms with E-state index in [4.69, 9.17) is 4.74 Å². The zero-order chi connectivity index (χ0) is 14.6. The lowest BCUT2D eigenvalue weighted by molar-refractivity contribution is -0.137. The van der Waals surface area contributed by atoms with Crippen molar-refractivity contribution in [3.8, 4) is 0 Å². The standard InChI is InChI=1S/C15H30N2O2/c1-7-9-12(10-19-6)17-13(11(3)4)16-15(5,8-2)14(17)18/h11-13,16H,7-10H2,1-6H3. The molecule has 0 aromatic heterocycles. The van der Waals surface area contributed by atoms with E-state index in [9.17, 15) is 4.79 Å². The van der Waals surface area contributed by atoms with Crippen LogP contribution in [0.5, 0.6) is 0 Å². The highest BCUT2D eigenvalue weighted by Gasteiger charge is 2.49. The number of carbonyl (C=O) groups is 1. The van der Waals surface area contributed by atoms with Crippen molar-refractivity contribution in [1.29, 1.82) is 0 Å². The van der Waals surface area contributed by atoms with Gasteiger partial charge in [0.2, 0.25) is 5.91 Å². The van der Waals surface area contributed by atoms with E-state index in [1.54, 1.807) is 7.11 Å². The van der Waals surface area contributed by atoms with Gasteiger partial charge in [-0.25, -0.2) is 0 Å². The van der Waals surface area contributed by atoms with Crippen molar-refractivity contribution in [2.24, 2.45) is 5.92 Å². The zero-order valence-corrected chi connectivity index (χ0v) is 13.3. The molecule has 0 aromatic rings. The molecule has 1 heterocycles. The van der Waals surface area contributed by atoms with E-state index >= 15 is 0 Å². The van der Waals surface area contributed by atoms with Gasteiger partial charge in [0.15, 0.2) is 0 Å². The summed E-state index contributed by atoms with van der Waals surface area (Å²) in [5.74, 6) is 0.623. The lowest BCUT2D eigenvalue weighted by Gasteiger charge is -2.34. The van der Waals surface area contributed by atoms with E-state index in [1.807, 2.05) is 11.8 Å². The summed E-state index contributed by atoms with van der Waals surface area (Å²) in [4.78, 5) is 14.8. The molecule has 1 fully saturated rings. The van der Waals surface area contributed by atoms with Gasteiger partial charge in [0.1, 0.15) is 0 Å². The van der Waals surface area contributed by atoms with Gasteiger partial charge in [0.05, 0.1) is 24.4 Å². The number of nitrogens with zero attached hydrogens (tertiary/aromatic N) is 1. The molecule has 1 amide bonds. The fourth-order valence-corrected chi connectivity index (χ4v) is 2.83. The molecule has 0 aliphatic carbocycles. The molecule has 19 heavy (non-hydrogen) atoms. The van der Waals surface area contributed by atoms with Gasteiger partial charge in [-0.3, -0.25) is 10.1 Å². The van der Waals surface area contributed by atoms with Crippen LogP contribution in [0.15, 0.2) is 0 Å². The molecule has 0 radical (unpaired) electrons. The summed E-state index contributed by atoms with van der Waals surface area (Å²) < 4.78 is 5.33. The number of carbonyl (C=O) groups excluding carboxylic acids is 1. The molecule has 0 bridgehead atoms. The highest BCUT2D eigenvalue weighted by Crippen LogP contribution is 2.30. The van der Waals surface area contributed by atoms with Gasteiger partial charge < -0.3 is 9.64 Å². The molecule has 1 aliphatic heterocycles. The van der Waals surface area contributed by atoms with Crippen LogP contribution in [0.1, 0.15) is 53.9 Å². The summed E-state index contributed by atoms with van der Waals surface area (Å²) in [5, 5.41) is 3.53. The molecule has 0 spiro atoms. The highest BCUT2D eigenvalue weighted by molar-refractivity contribution is 5.88. The summed E-state index contributed by atoms with van der Waals surface area (Å²) in [5.41, 5.74) is -0.422. The van der Waals surface area contributed by atoms with Crippen LogP contribution in [0.3, 0.4) is 0 Å². The van der Waals surface area contributed by atoms with Crippen LogP contribution in [0.25, 0.3) is 0 Å². The zero-order valence-electron chi connectivity index (χ0n) is 13.3. The Morgan fingerprint density at radius 3 is 2.47 bits per heavy atom. The third-order valence-corrected chi connectivity index (χ3v) is 4.19. The van der Waals surface area contributed by atoms with Gasteiger partial charge in [0.25, 0.3) is 0 Å². The number of amides is 1. The second kappa shape index (κ2) is 6.71. The first-order chi connectivity index (χ1) is 8.91. The van der Waals surface area contributed by atoms with E-state index in [0.717, 1.165) is 19.3 Å². The fraction of sp³-hybridized carbons (Fsp3) is 0.933. The Labute approximate surface area is 117 Å². The molecule has 1 N–H and O–H groups in total. The maximum absolute atomic E-state index is 12.8. The number of rotatable bonds is 7. The van der Waals surface area contributed by atoms with Crippen LogP contribution in [-0.4, -0.2) is 42.3 Å². The first kappa shape index (κ1) is 16.4. The van der Waals surface area contributed by atoms with E-state index in [0.29, 0.717) is 12.5 Å². The van der Waals surface area contributed by atoms with Gasteiger partial charge in [-0.1, -0.05) is 34.1 Å². The lowest BCUT2D eigenvalue weighted by atomic mass is 9.98. The SMILES string of the molecule is CCCC(COC)N1C(=O)C(C)(CC)NC1C(C)C. The van der Waals surface area contributed by atoms with Crippen LogP contribution in [0, 0.1) is 5.92 Å². The average Bonchev–Trinajstić information content (AvgIpc) is 2.63. The monoisotopic (exact) mass is 270 g/mol. The summed E-state index contributed by atoms with van der Waals surface area (Å²) in [7, 11) is 1.71. The largest absolute Gasteiger partial charge is 0.383 e. The predicted octanol–water partition coefficient (Wildman–Crippen LogP) is 2.38. The smallest absolute Gasteiger partial charge is 0.244 e. The Hall–Kier alpha value is -0.610. The van der Waals surface area contributed by atoms with E-state index < -0.39 is 5.54 Å². The Morgan fingerprint density at radius 1 is 1.42 bits per heavy atom. The van der Waals surface area contributed by atoms with Crippen molar-refractivity contribution in [1.82, 2.24) is 10.2 Å². The second-order valence-electron chi connectivity index (χ2n) is 6.13. The molecule has 4 heteroatoms. The van der Waals surface area contributed by atoms with Crippen molar-refractivity contribution >= 4 is 5.91 Å². The molecule has 0 aromatic carbocycles. The van der Waals surface area contributed by atoms with Crippen LogP contribution in [0.4, 0.5) is 0 Å². The van der Waals surface area contributed by atoms with Gasteiger partial charge in [-0.15, -0.1) is 0 Å². The van der Waals surface area contributed by atoms with Crippen molar-refractivity contribution in [3.63, 3.8) is 0 Å². The molecule has 112 valence electrons. The fourth-order valence-electron chi connectivity index (χ4n) is 2.83. The quantitative estimate of drug-likeness (QED) is 0.772. The minimum absolute atomic E-state index is 0.115. The first-order valence-electron chi connectivity index (χ1n) is 7.50. The lowest BCUT2D eigenvalue weighted by Crippen LogP contribution is -2.49. The van der Waals surface area contributed by atoms with Gasteiger partial charge in [0, 0.05) is 7.11 Å². The first-order valence-corrected chi connectivity index (χ1v) is 7.50. The highest BCUT2D eigenvalue weighted by atomic mass is 16.5. The molecule has 1 aliphatic rings. The van der Waals surface area contributed by atoms with Crippen LogP contribution in [-0.2, 0) is 9.53 Å². The van der Waals surface area contributed by atoms with Crippen LogP contribution < -0.4 is 5.32 Å². The molecule has 0 saturated carbocycles. The number of hydrogen-bond donors (Lipinski definition) is 1. The molecule has 3 unspecified atom stereocenters. The van der Waals surface area contributed by atoms with Gasteiger partial charge >= 0.3 is 0 Å². The van der Waals surface area contributed by atoms with E-state index in [2.05, 4.69) is 33.0 Å². The molecule has 4 nitrogen and oxygen atoms in total. The predicted molar refractivity (Wildman–Crippen MR) is 77.9 cm³/mol. The minimum Gasteiger partial charge on any atom is -0.383 e. The summed E-state index contributed by atoms with van der Waals surface area (Å²) >= 11 is 0. The third-order valence-electron chi connectivity index (χ3n) is 4.19. The van der Waals surface area contributed by atoms with Crippen molar-refractivity contribution in [2.75, 3.05) is 13.7 Å². The normalized spacial score (nSPS) is 29.3. The van der Waals surface area contributed by atoms with Gasteiger partial charge in [-0.05, 0) is 25.7 Å². The summed E-state index contributed by atoms with van der Waals surface area (Å²) in [6, 6.07) is 0.177. The van der Waals surface area contributed by atoms with Crippen LogP contribution in [0.2, 0.25) is 0 Å². The van der Waals surface area contributed by atoms with Crippen molar-refractivity contribution < 1.29 is 9.53 Å². The average molecular weight is 270 g/mol. The maximum Gasteiger partial charge on any atom is 0.244 e. The molecular weight excluding hydrogens is 240 g/mol. The number of hydrogen-bond acceptors (Lipinski definition) is 3. The maximum atomic E-state index is 12.8. The second-order valence-corrected chi connectivity index (χ2v) is 6.13. The molecule has 1 rings (SSSR count). The van der Waals surface area contributed by atoms with Crippen molar-refractivity contribution in [3.05, 3.63) is 0 Å². The third kappa shape index (κ3) is 3.29. The minimum atomic E-state index is -0.422. The van der Waals surface area contributed by atoms with Gasteiger partial charge in [-0.2, -0.15) is 0 Å². The summed E-state index contributed by atoms with van der Waals surface area (Å²) in [6.07, 6.45) is 2.98. The number of ether oxygens (including phenoxy) is 1. The molecule has 3 atom stereocenters. The number of methoxy groups -OCH3 is 1. The Kier molecular flexibility index (Phi) is 5.81. The molecule has 1 saturated heterocycles. The Balaban J connectivity index is 3.01. The Morgan fingerprint density at radius 2 is 2.05 bits per heavy atom. The number of nitrogens with one attached hydrogen (secondary N) is 1. The Bertz CT molecular complexity index is 301. The summed E-state index contributed by atoms with van der Waals surface area (Å²) in [6.45, 7) is 11.2. The van der Waals surface area contributed by atoms with Crippen molar-refractivity contribution in [2.45, 2.75) is 71.6 Å². The van der Waals surface area contributed by atoms with E-state index in [-0.39, 0.29) is 18.1 Å². The van der Waals surface area contributed by atoms with Crippen LogP contribution >= 0.6 is 0 Å². The topological polar surface area (TPSA) is 41.6 Å². The molecular formula is C15H30N2O2.